The van der Waals surface area contributed by atoms with Crippen LogP contribution in [0.4, 0.5) is 0 Å². The molecule has 9 nitrogen and oxygen atoms in total. The van der Waals surface area contributed by atoms with Crippen LogP contribution in [0.1, 0.15) is 252 Å². The Bertz CT molecular complexity index is 1850. The standard InChI is InChI=1S/C71H121N2O7P/c1-7-10-13-16-19-22-25-28-30-32-34-35-36-37-39-40-42-45-48-51-54-57-60-63-70(74)72-68(67-79-81(76,77)78-66-65-73(4,5)6)69(62-59-56-53-50-47-44-27-24-21-18-15-12-9-3)80-71(75)64-61-58-55-52-49-46-43-41-38-33-31-29-26-23-20-17-14-11-8-2/h11,14,19-20,22-23,28-31,34-35,37-39,41,46,49,55,58-59,62,68-69H,7-10,12-13,15-18,21,24-27,32-33,36,40,42-45,47-48,50-54,56-57,60-61,63-67H2,1-6H3,(H-,72,74,76,77)/p+1/b14-11-,22-19-,23-20-,30-28-,31-29-,35-34-,39-37-,41-38-,49-46-,58-55-,62-59-. The number of quaternary nitrogens is 1. The van der Waals surface area contributed by atoms with Gasteiger partial charge in [0.25, 0.3) is 0 Å². The van der Waals surface area contributed by atoms with Crippen LogP contribution in [0.3, 0.4) is 0 Å². The van der Waals surface area contributed by atoms with Gasteiger partial charge in [0.05, 0.1) is 33.8 Å². The second-order valence-corrected chi connectivity index (χ2v) is 24.0. The molecular weight excluding hydrogens is 1020 g/mol. The molecule has 0 radical (unpaired) electrons. The third-order valence-corrected chi connectivity index (χ3v) is 14.6. The van der Waals surface area contributed by atoms with E-state index in [4.69, 9.17) is 13.8 Å². The molecule has 0 aromatic heterocycles. The zero-order valence-electron chi connectivity index (χ0n) is 52.7. The van der Waals surface area contributed by atoms with E-state index in [1.165, 1.54) is 103 Å². The Balaban J connectivity index is 5.37. The molecule has 0 bridgehead atoms. The van der Waals surface area contributed by atoms with Crippen molar-refractivity contribution in [1.29, 1.82) is 0 Å². The highest BCUT2D eigenvalue weighted by atomic mass is 31.2. The molecule has 2 N–H and O–H groups in total. The van der Waals surface area contributed by atoms with Gasteiger partial charge in [-0.05, 0) is 115 Å². The van der Waals surface area contributed by atoms with Gasteiger partial charge in [0.1, 0.15) is 19.3 Å². The lowest BCUT2D eigenvalue weighted by Crippen LogP contribution is -2.47. The molecule has 0 saturated heterocycles. The molecule has 0 heterocycles. The Hall–Kier alpha value is -3.85. The van der Waals surface area contributed by atoms with Crippen LogP contribution in [0.15, 0.2) is 134 Å². The van der Waals surface area contributed by atoms with Gasteiger partial charge >= 0.3 is 13.8 Å². The molecule has 0 fully saturated rings. The van der Waals surface area contributed by atoms with Crippen molar-refractivity contribution in [3.8, 4) is 0 Å². The number of hydrogen-bond donors (Lipinski definition) is 2. The minimum atomic E-state index is -4.48. The number of amides is 1. The molecule has 3 unspecified atom stereocenters. The van der Waals surface area contributed by atoms with Crippen molar-refractivity contribution in [3.63, 3.8) is 0 Å². The number of nitrogens with one attached hydrogen (secondary N) is 1. The number of likely N-dealkylation sites (N-methyl/N-ethyl adjacent to an activating group) is 1. The van der Waals surface area contributed by atoms with Gasteiger partial charge in [-0.15, -0.1) is 0 Å². The van der Waals surface area contributed by atoms with Crippen LogP contribution < -0.4 is 5.32 Å². The van der Waals surface area contributed by atoms with Gasteiger partial charge in [0.2, 0.25) is 5.91 Å². The van der Waals surface area contributed by atoms with Crippen molar-refractivity contribution in [3.05, 3.63) is 134 Å². The van der Waals surface area contributed by atoms with Crippen LogP contribution in [-0.2, 0) is 27.9 Å². The first-order valence-corrected chi connectivity index (χ1v) is 34.0. The first-order chi connectivity index (χ1) is 39.4. The maximum atomic E-state index is 13.6. The van der Waals surface area contributed by atoms with Crippen LogP contribution in [0.25, 0.3) is 0 Å². The number of carbonyl (C=O) groups is 2. The number of phosphoric acid groups is 1. The van der Waals surface area contributed by atoms with Gasteiger partial charge in [-0.2, -0.15) is 0 Å². The Morgan fingerprint density at radius 1 is 0.444 bits per heavy atom. The highest BCUT2D eigenvalue weighted by Gasteiger charge is 2.30. The quantitative estimate of drug-likeness (QED) is 0.0205. The second kappa shape index (κ2) is 59.3. The molecule has 0 aromatic carbocycles. The fourth-order valence-corrected chi connectivity index (χ4v) is 9.33. The lowest BCUT2D eigenvalue weighted by atomic mass is 10.0. The monoisotopic (exact) mass is 1150 g/mol. The summed E-state index contributed by atoms with van der Waals surface area (Å²) in [4.78, 5) is 37.8. The first-order valence-electron chi connectivity index (χ1n) is 32.5. The molecule has 1 amide bonds. The van der Waals surface area contributed by atoms with E-state index < -0.39 is 25.9 Å². The van der Waals surface area contributed by atoms with E-state index in [0.29, 0.717) is 23.9 Å². The SMILES string of the molecule is CC/C=C\C/C=C\C/C=C\C/C=C\C/C=C\C/C=C\CCC(=O)OC(/C=C\CCCCCCCCCCCCC)C(COP(=O)(O)OCC[N+](C)(C)C)NC(=O)CCCCCCCCC/C=C\C/C=C\C/C=C\C/C=C\CCCCC. The number of nitrogens with zero attached hydrogens (tertiary/aromatic N) is 1. The number of unbranched alkanes of at least 4 members (excludes halogenated alkanes) is 21. The van der Waals surface area contributed by atoms with Gasteiger partial charge in [-0.1, -0.05) is 258 Å². The fourth-order valence-electron chi connectivity index (χ4n) is 8.60. The third-order valence-electron chi connectivity index (χ3n) is 13.6. The Morgan fingerprint density at radius 2 is 0.802 bits per heavy atom. The van der Waals surface area contributed by atoms with Crippen LogP contribution >= 0.6 is 7.82 Å². The number of ether oxygens (including phenoxy) is 1. The molecule has 0 saturated carbocycles. The van der Waals surface area contributed by atoms with Gasteiger partial charge in [-0.25, -0.2) is 4.57 Å². The first kappa shape index (κ1) is 77.2. The molecule has 0 aliphatic rings. The summed E-state index contributed by atoms with van der Waals surface area (Å²) in [7, 11) is 1.43. The van der Waals surface area contributed by atoms with Crippen molar-refractivity contribution < 1.29 is 37.3 Å². The summed E-state index contributed by atoms with van der Waals surface area (Å²) in [5.74, 6) is -0.622. The summed E-state index contributed by atoms with van der Waals surface area (Å²) in [6.07, 6.45) is 84.6. The molecule has 462 valence electrons. The average Bonchev–Trinajstić information content (AvgIpc) is 3.44. The van der Waals surface area contributed by atoms with Crippen LogP contribution in [-0.4, -0.2) is 74.3 Å². The molecule has 10 heteroatoms. The molecule has 81 heavy (non-hydrogen) atoms. The van der Waals surface area contributed by atoms with E-state index in [1.54, 1.807) is 0 Å². The Morgan fingerprint density at radius 3 is 1.23 bits per heavy atom. The van der Waals surface area contributed by atoms with Crippen LogP contribution in [0, 0.1) is 0 Å². The van der Waals surface area contributed by atoms with E-state index in [1.807, 2.05) is 39.4 Å². The second-order valence-electron chi connectivity index (χ2n) is 22.5. The summed E-state index contributed by atoms with van der Waals surface area (Å²) in [6.45, 7) is 6.80. The average molecular weight is 1150 g/mol. The highest BCUT2D eigenvalue weighted by molar-refractivity contribution is 7.47. The highest BCUT2D eigenvalue weighted by Crippen LogP contribution is 2.43. The number of rotatable bonds is 57. The molecule has 0 spiro atoms. The predicted molar refractivity (Wildman–Crippen MR) is 350 cm³/mol. The maximum Gasteiger partial charge on any atom is 0.472 e. The Kier molecular flexibility index (Phi) is 56.5. The van der Waals surface area contributed by atoms with Gasteiger partial charge < -0.3 is 19.4 Å². The third kappa shape index (κ3) is 60.6. The van der Waals surface area contributed by atoms with E-state index in [2.05, 4.69) is 142 Å². The number of esters is 1. The smallest absolute Gasteiger partial charge is 0.456 e. The fraction of sp³-hybridized carbons (Fsp3) is 0.662. The van der Waals surface area contributed by atoms with Crippen molar-refractivity contribution in [2.24, 2.45) is 0 Å². The summed E-state index contributed by atoms with van der Waals surface area (Å²) < 4.78 is 30.7. The number of carbonyl (C=O) groups excluding carboxylic acids is 2. The molecule has 0 aliphatic heterocycles. The summed E-state index contributed by atoms with van der Waals surface area (Å²) in [6, 6.07) is -0.895. The van der Waals surface area contributed by atoms with E-state index in [-0.39, 0.29) is 25.5 Å². The summed E-state index contributed by atoms with van der Waals surface area (Å²) in [5, 5.41) is 3.03. The van der Waals surface area contributed by atoms with Crippen molar-refractivity contribution in [2.45, 2.75) is 264 Å². The lowest BCUT2D eigenvalue weighted by molar-refractivity contribution is -0.870. The largest absolute Gasteiger partial charge is 0.472 e. The van der Waals surface area contributed by atoms with E-state index in [9.17, 15) is 19.0 Å². The number of allylic oxidation sites excluding steroid dienone is 21. The molecule has 3 atom stereocenters. The number of hydrogen-bond acceptors (Lipinski definition) is 6. The van der Waals surface area contributed by atoms with Gasteiger partial charge in [0, 0.05) is 12.8 Å². The normalized spacial score (nSPS) is 14.5. The zero-order chi connectivity index (χ0) is 59.3. The minimum Gasteiger partial charge on any atom is -0.456 e. The van der Waals surface area contributed by atoms with Crippen molar-refractivity contribution >= 4 is 19.7 Å². The predicted octanol–water partition coefficient (Wildman–Crippen LogP) is 20.4. The summed E-state index contributed by atoms with van der Waals surface area (Å²) in [5.41, 5.74) is 0. The zero-order valence-corrected chi connectivity index (χ0v) is 53.6. The molecule has 0 aromatic rings. The molecule has 0 rings (SSSR count). The lowest BCUT2D eigenvalue weighted by Gasteiger charge is -2.27. The molecular formula is C71H122N2O7P+. The van der Waals surface area contributed by atoms with Gasteiger partial charge in [0.15, 0.2) is 0 Å². The van der Waals surface area contributed by atoms with Gasteiger partial charge in [-0.3, -0.25) is 18.6 Å². The van der Waals surface area contributed by atoms with Crippen molar-refractivity contribution in [1.82, 2.24) is 5.32 Å². The maximum absolute atomic E-state index is 13.6. The van der Waals surface area contributed by atoms with Crippen molar-refractivity contribution in [2.75, 3.05) is 40.9 Å². The number of phosphoric ester groups is 1. The summed E-state index contributed by atoms with van der Waals surface area (Å²) >= 11 is 0. The van der Waals surface area contributed by atoms with E-state index in [0.717, 1.165) is 109 Å². The van der Waals surface area contributed by atoms with E-state index >= 15 is 0 Å². The van der Waals surface area contributed by atoms with Crippen LogP contribution in [0.2, 0.25) is 0 Å². The Labute approximate surface area is 498 Å². The molecule has 0 aliphatic carbocycles. The van der Waals surface area contributed by atoms with Crippen LogP contribution in [0.5, 0.6) is 0 Å². The minimum absolute atomic E-state index is 0.0194. The topological polar surface area (TPSA) is 111 Å².